The first-order chi connectivity index (χ1) is 11.3. The molecule has 1 aromatic heterocycles. The van der Waals surface area contributed by atoms with Crippen LogP contribution in [0.1, 0.15) is 16.1 Å². The van der Waals surface area contributed by atoms with Gasteiger partial charge in [-0.3, -0.25) is 9.78 Å². The molecule has 3 rings (SSSR count). The standard InChI is InChI=1S/C19H18N2O2/c22-13-12-21(14-15-6-2-1-3-7-15)19(23)18-17-9-5-4-8-16(17)10-11-20-18/h1-11,22H,12-14H2. The highest BCUT2D eigenvalue weighted by atomic mass is 16.3. The first-order valence-corrected chi connectivity index (χ1v) is 7.57. The maximum atomic E-state index is 12.9. The predicted molar refractivity (Wildman–Crippen MR) is 90.0 cm³/mol. The molecule has 0 fully saturated rings. The summed E-state index contributed by atoms with van der Waals surface area (Å²) in [7, 11) is 0. The van der Waals surface area contributed by atoms with Gasteiger partial charge in [0, 0.05) is 24.7 Å². The summed E-state index contributed by atoms with van der Waals surface area (Å²) in [4.78, 5) is 18.8. The highest BCUT2D eigenvalue weighted by Crippen LogP contribution is 2.18. The molecule has 0 aliphatic carbocycles. The van der Waals surface area contributed by atoms with E-state index in [4.69, 9.17) is 0 Å². The second-order valence-corrected chi connectivity index (χ2v) is 5.32. The number of nitrogens with zero attached hydrogens (tertiary/aromatic N) is 2. The molecule has 0 aliphatic heterocycles. The summed E-state index contributed by atoms with van der Waals surface area (Å²) < 4.78 is 0. The molecule has 4 heteroatoms. The van der Waals surface area contributed by atoms with E-state index in [9.17, 15) is 9.90 Å². The lowest BCUT2D eigenvalue weighted by atomic mass is 10.1. The van der Waals surface area contributed by atoms with Gasteiger partial charge < -0.3 is 10.0 Å². The molecule has 3 aromatic rings. The summed E-state index contributed by atoms with van der Waals surface area (Å²) in [5, 5.41) is 11.1. The van der Waals surface area contributed by atoms with Crippen LogP contribution in [-0.2, 0) is 6.54 Å². The molecule has 0 bridgehead atoms. The van der Waals surface area contributed by atoms with Gasteiger partial charge in [-0.2, -0.15) is 0 Å². The summed E-state index contributed by atoms with van der Waals surface area (Å²) in [6.07, 6.45) is 1.65. The van der Waals surface area contributed by atoms with Gasteiger partial charge in [0.2, 0.25) is 0 Å². The number of fused-ring (bicyclic) bond motifs is 1. The fourth-order valence-electron chi connectivity index (χ4n) is 2.62. The number of benzene rings is 2. The Kier molecular flexibility index (Phi) is 4.64. The summed E-state index contributed by atoms with van der Waals surface area (Å²) in [5.41, 5.74) is 1.45. The van der Waals surface area contributed by atoms with Crippen LogP contribution in [-0.4, -0.2) is 34.0 Å². The molecule has 1 heterocycles. The second kappa shape index (κ2) is 7.03. The van der Waals surface area contributed by atoms with E-state index in [0.717, 1.165) is 16.3 Å². The molecule has 116 valence electrons. The van der Waals surface area contributed by atoms with Crippen molar-refractivity contribution in [1.29, 1.82) is 0 Å². The third-order valence-electron chi connectivity index (χ3n) is 3.75. The molecule has 0 radical (unpaired) electrons. The summed E-state index contributed by atoms with van der Waals surface area (Å²) in [6, 6.07) is 19.3. The van der Waals surface area contributed by atoms with Crippen LogP contribution in [0.2, 0.25) is 0 Å². The van der Waals surface area contributed by atoms with Gasteiger partial charge in [0.1, 0.15) is 5.69 Å². The Morgan fingerprint density at radius 1 is 1.00 bits per heavy atom. The van der Waals surface area contributed by atoms with Gasteiger partial charge in [0.05, 0.1) is 6.61 Å². The van der Waals surface area contributed by atoms with E-state index in [1.807, 2.05) is 60.7 Å². The number of aliphatic hydroxyl groups excluding tert-OH is 1. The monoisotopic (exact) mass is 306 g/mol. The van der Waals surface area contributed by atoms with Gasteiger partial charge in [-0.05, 0) is 17.0 Å². The lowest BCUT2D eigenvalue weighted by Gasteiger charge is -2.22. The Hall–Kier alpha value is -2.72. The number of aliphatic hydroxyl groups is 1. The van der Waals surface area contributed by atoms with Gasteiger partial charge >= 0.3 is 0 Å². The molecule has 0 saturated carbocycles. The highest BCUT2D eigenvalue weighted by molar-refractivity contribution is 6.05. The van der Waals surface area contributed by atoms with Gasteiger partial charge in [0.15, 0.2) is 0 Å². The lowest BCUT2D eigenvalue weighted by Crippen LogP contribution is -2.33. The van der Waals surface area contributed by atoms with Gasteiger partial charge in [-0.25, -0.2) is 0 Å². The third kappa shape index (κ3) is 3.38. The lowest BCUT2D eigenvalue weighted by molar-refractivity contribution is 0.0704. The van der Waals surface area contributed by atoms with Crippen LogP contribution < -0.4 is 0 Å². The van der Waals surface area contributed by atoms with E-state index < -0.39 is 0 Å². The Labute approximate surface area is 135 Å². The Morgan fingerprint density at radius 2 is 1.74 bits per heavy atom. The van der Waals surface area contributed by atoms with Crippen LogP contribution in [0.4, 0.5) is 0 Å². The molecule has 2 aromatic carbocycles. The number of amides is 1. The van der Waals surface area contributed by atoms with Crippen molar-refractivity contribution >= 4 is 16.7 Å². The molecule has 4 nitrogen and oxygen atoms in total. The average molecular weight is 306 g/mol. The SMILES string of the molecule is O=C(c1nccc2ccccc12)N(CCO)Cc1ccccc1. The Bertz CT molecular complexity index is 797. The van der Waals surface area contributed by atoms with Crippen LogP contribution in [0.25, 0.3) is 10.8 Å². The van der Waals surface area contributed by atoms with Crippen molar-refractivity contribution in [1.82, 2.24) is 9.88 Å². The molecular weight excluding hydrogens is 288 g/mol. The normalized spacial score (nSPS) is 10.7. The van der Waals surface area contributed by atoms with Crippen molar-refractivity contribution in [3.63, 3.8) is 0 Å². The van der Waals surface area contributed by atoms with Crippen molar-refractivity contribution in [3.8, 4) is 0 Å². The van der Waals surface area contributed by atoms with Crippen molar-refractivity contribution in [2.45, 2.75) is 6.54 Å². The minimum Gasteiger partial charge on any atom is -0.395 e. The van der Waals surface area contributed by atoms with E-state index in [1.54, 1.807) is 11.1 Å². The Morgan fingerprint density at radius 3 is 2.52 bits per heavy atom. The van der Waals surface area contributed by atoms with E-state index >= 15 is 0 Å². The molecular formula is C19H18N2O2. The summed E-state index contributed by atoms with van der Waals surface area (Å²) in [6.45, 7) is 0.646. The van der Waals surface area contributed by atoms with Crippen molar-refractivity contribution in [2.24, 2.45) is 0 Å². The van der Waals surface area contributed by atoms with Crippen molar-refractivity contribution in [2.75, 3.05) is 13.2 Å². The summed E-state index contributed by atoms with van der Waals surface area (Å²) in [5.74, 6) is -0.167. The molecule has 0 aliphatic rings. The van der Waals surface area contributed by atoms with Crippen molar-refractivity contribution in [3.05, 3.63) is 78.1 Å². The number of aromatic nitrogens is 1. The largest absolute Gasteiger partial charge is 0.395 e. The van der Waals surface area contributed by atoms with E-state index in [0.29, 0.717) is 12.2 Å². The van der Waals surface area contributed by atoms with Gasteiger partial charge in [-0.1, -0.05) is 54.6 Å². The minimum absolute atomic E-state index is 0.0800. The third-order valence-corrected chi connectivity index (χ3v) is 3.75. The van der Waals surface area contributed by atoms with Crippen molar-refractivity contribution < 1.29 is 9.90 Å². The van der Waals surface area contributed by atoms with Crippen LogP contribution >= 0.6 is 0 Å². The van der Waals surface area contributed by atoms with Crippen LogP contribution in [0.15, 0.2) is 66.9 Å². The first kappa shape index (κ1) is 15.2. The number of hydrogen-bond acceptors (Lipinski definition) is 3. The zero-order valence-corrected chi connectivity index (χ0v) is 12.7. The number of rotatable bonds is 5. The average Bonchev–Trinajstić information content (AvgIpc) is 2.61. The smallest absolute Gasteiger partial charge is 0.273 e. The minimum atomic E-state index is -0.167. The number of pyridine rings is 1. The first-order valence-electron chi connectivity index (χ1n) is 7.57. The number of carbonyl (C=O) groups excluding carboxylic acids is 1. The predicted octanol–water partition coefficient (Wildman–Crippen LogP) is 2.87. The van der Waals surface area contributed by atoms with Gasteiger partial charge in [-0.15, -0.1) is 0 Å². The maximum absolute atomic E-state index is 12.9. The van der Waals surface area contributed by atoms with Crippen LogP contribution in [0.5, 0.6) is 0 Å². The summed E-state index contributed by atoms with van der Waals surface area (Å²) >= 11 is 0. The fraction of sp³-hybridized carbons (Fsp3) is 0.158. The fourth-order valence-corrected chi connectivity index (χ4v) is 2.62. The van der Waals surface area contributed by atoms with Crippen LogP contribution in [0.3, 0.4) is 0 Å². The topological polar surface area (TPSA) is 53.4 Å². The van der Waals surface area contributed by atoms with E-state index in [2.05, 4.69) is 4.98 Å². The molecule has 0 spiro atoms. The molecule has 1 N–H and O–H groups in total. The zero-order chi connectivity index (χ0) is 16.1. The van der Waals surface area contributed by atoms with Gasteiger partial charge in [0.25, 0.3) is 5.91 Å². The zero-order valence-electron chi connectivity index (χ0n) is 12.7. The van der Waals surface area contributed by atoms with Crippen LogP contribution in [0, 0.1) is 0 Å². The molecule has 1 amide bonds. The number of hydrogen-bond donors (Lipinski definition) is 1. The van der Waals surface area contributed by atoms with E-state index in [-0.39, 0.29) is 19.1 Å². The maximum Gasteiger partial charge on any atom is 0.273 e. The Balaban J connectivity index is 1.94. The highest BCUT2D eigenvalue weighted by Gasteiger charge is 2.19. The second-order valence-electron chi connectivity index (χ2n) is 5.32. The number of carbonyl (C=O) groups is 1. The molecule has 0 atom stereocenters. The quantitative estimate of drug-likeness (QED) is 0.788. The van der Waals surface area contributed by atoms with E-state index in [1.165, 1.54) is 0 Å². The molecule has 0 unspecified atom stereocenters. The molecule has 0 saturated heterocycles. The molecule has 23 heavy (non-hydrogen) atoms.